The second-order valence-corrected chi connectivity index (χ2v) is 8.79. The first-order chi connectivity index (χ1) is 15.3. The average molecular weight is 454 g/mol. The molecule has 1 aliphatic rings. The zero-order valence-corrected chi connectivity index (χ0v) is 19.6. The lowest BCUT2D eigenvalue weighted by atomic mass is 10.0. The molecule has 1 saturated heterocycles. The summed E-state index contributed by atoms with van der Waals surface area (Å²) in [5, 5.41) is 0.561. The van der Waals surface area contributed by atoms with Crippen LogP contribution < -0.4 is 0 Å². The third-order valence-electron chi connectivity index (χ3n) is 5.37. The third kappa shape index (κ3) is 6.93. The molecule has 0 aliphatic carbocycles. The fourth-order valence-electron chi connectivity index (χ4n) is 3.64. The summed E-state index contributed by atoms with van der Waals surface area (Å²) < 4.78 is 13.1. The summed E-state index contributed by atoms with van der Waals surface area (Å²) >= 11 is 6.12. The van der Waals surface area contributed by atoms with Crippen molar-refractivity contribution in [2.45, 2.75) is 19.5 Å². The number of carbonyl (C=O) groups is 1. The summed E-state index contributed by atoms with van der Waals surface area (Å²) in [5.41, 5.74) is 2.30. The highest BCUT2D eigenvalue weighted by atomic mass is 35.5. The molecule has 1 heterocycles. The van der Waals surface area contributed by atoms with E-state index in [1.165, 1.54) is 12.1 Å². The normalized spacial score (nSPS) is 16.9. The highest BCUT2D eigenvalue weighted by Crippen LogP contribution is 2.18. The fraction of sp³-hybridized carbons (Fsp3) is 0.346. The number of rotatable bonds is 6. The van der Waals surface area contributed by atoms with Crippen LogP contribution in [0.3, 0.4) is 0 Å². The SMILES string of the molecule is CC1CN(Cc2ccc(F)cc2)CCN1C=CC(=O)c1ccc(Cl)cc1C#CCN(C)C. The molecule has 3 rings (SSSR count). The molecule has 1 atom stereocenters. The highest BCUT2D eigenvalue weighted by molar-refractivity contribution is 6.30. The molecule has 0 bridgehead atoms. The van der Waals surface area contributed by atoms with Crippen molar-refractivity contribution < 1.29 is 9.18 Å². The van der Waals surface area contributed by atoms with Gasteiger partial charge in [-0.05, 0) is 56.9 Å². The van der Waals surface area contributed by atoms with Gasteiger partial charge in [0, 0.05) is 60.6 Å². The predicted octanol–water partition coefficient (Wildman–Crippen LogP) is 4.29. The van der Waals surface area contributed by atoms with Crippen LogP contribution in [0.25, 0.3) is 0 Å². The Kier molecular flexibility index (Phi) is 8.46. The van der Waals surface area contributed by atoms with Gasteiger partial charge in [0.15, 0.2) is 5.78 Å². The van der Waals surface area contributed by atoms with Crippen LogP contribution >= 0.6 is 11.6 Å². The molecule has 0 spiro atoms. The summed E-state index contributed by atoms with van der Waals surface area (Å²) in [6.07, 6.45) is 3.50. The number of piperazine rings is 1. The Hall–Kier alpha value is -2.65. The van der Waals surface area contributed by atoms with Crippen molar-refractivity contribution >= 4 is 17.4 Å². The number of nitrogens with zero attached hydrogens (tertiary/aromatic N) is 3. The van der Waals surface area contributed by atoms with Crippen molar-refractivity contribution in [2.24, 2.45) is 0 Å². The number of hydrogen-bond donors (Lipinski definition) is 0. The Morgan fingerprint density at radius 3 is 2.66 bits per heavy atom. The summed E-state index contributed by atoms with van der Waals surface area (Å²) in [7, 11) is 3.89. The van der Waals surface area contributed by atoms with Gasteiger partial charge < -0.3 is 4.90 Å². The van der Waals surface area contributed by atoms with Crippen molar-refractivity contribution in [1.82, 2.24) is 14.7 Å². The van der Waals surface area contributed by atoms with Gasteiger partial charge in [-0.3, -0.25) is 14.6 Å². The molecular weight excluding hydrogens is 425 g/mol. The van der Waals surface area contributed by atoms with Crippen LogP contribution in [0, 0.1) is 17.7 Å². The Morgan fingerprint density at radius 2 is 1.97 bits per heavy atom. The van der Waals surface area contributed by atoms with E-state index in [1.807, 2.05) is 37.3 Å². The third-order valence-corrected chi connectivity index (χ3v) is 5.60. The molecule has 168 valence electrons. The molecule has 2 aromatic rings. The first-order valence-corrected chi connectivity index (χ1v) is 11.1. The Labute approximate surface area is 195 Å². The number of allylic oxidation sites excluding steroid dienone is 1. The van der Waals surface area contributed by atoms with Gasteiger partial charge >= 0.3 is 0 Å². The first kappa shape index (κ1) is 24.0. The molecule has 1 aliphatic heterocycles. The van der Waals surface area contributed by atoms with Crippen molar-refractivity contribution in [3.05, 3.63) is 82.3 Å². The first-order valence-electron chi connectivity index (χ1n) is 10.7. The van der Waals surface area contributed by atoms with Crippen molar-refractivity contribution in [1.29, 1.82) is 0 Å². The molecule has 0 radical (unpaired) electrons. The van der Waals surface area contributed by atoms with Gasteiger partial charge in [-0.2, -0.15) is 0 Å². The van der Waals surface area contributed by atoms with Gasteiger partial charge in [0.25, 0.3) is 0 Å². The van der Waals surface area contributed by atoms with E-state index in [0.29, 0.717) is 22.7 Å². The van der Waals surface area contributed by atoms with Gasteiger partial charge in [-0.15, -0.1) is 0 Å². The molecule has 2 aromatic carbocycles. The Balaban J connectivity index is 1.62. The molecule has 32 heavy (non-hydrogen) atoms. The maximum atomic E-state index is 13.1. The maximum Gasteiger partial charge on any atom is 0.188 e. The topological polar surface area (TPSA) is 26.8 Å². The lowest BCUT2D eigenvalue weighted by molar-refractivity contribution is 0.103. The van der Waals surface area contributed by atoms with Crippen LogP contribution in [-0.2, 0) is 6.54 Å². The van der Waals surface area contributed by atoms with Gasteiger partial charge in [0.2, 0.25) is 0 Å². The van der Waals surface area contributed by atoms with Crippen LogP contribution in [0.2, 0.25) is 5.02 Å². The van der Waals surface area contributed by atoms with Gasteiger partial charge in [0.1, 0.15) is 5.82 Å². The van der Waals surface area contributed by atoms with Crippen molar-refractivity contribution in [3.63, 3.8) is 0 Å². The number of benzene rings is 2. The lowest BCUT2D eigenvalue weighted by Gasteiger charge is -2.39. The zero-order chi connectivity index (χ0) is 23.1. The minimum absolute atomic E-state index is 0.0863. The van der Waals surface area contributed by atoms with Crippen LogP contribution in [-0.4, -0.2) is 66.8 Å². The smallest absolute Gasteiger partial charge is 0.188 e. The molecule has 4 nitrogen and oxygen atoms in total. The summed E-state index contributed by atoms with van der Waals surface area (Å²) in [5.74, 6) is 5.84. The number of halogens is 2. The van der Waals surface area contributed by atoms with Crippen molar-refractivity contribution in [2.75, 3.05) is 40.3 Å². The van der Waals surface area contributed by atoms with Crippen LogP contribution in [0.15, 0.2) is 54.7 Å². The van der Waals surface area contributed by atoms with Gasteiger partial charge in [-0.1, -0.05) is 35.6 Å². The minimum Gasteiger partial charge on any atom is -0.372 e. The van der Waals surface area contributed by atoms with Gasteiger partial charge in [-0.25, -0.2) is 4.39 Å². The lowest BCUT2D eigenvalue weighted by Crippen LogP contribution is -2.49. The van der Waals surface area contributed by atoms with E-state index in [9.17, 15) is 9.18 Å². The zero-order valence-electron chi connectivity index (χ0n) is 18.8. The molecule has 0 N–H and O–H groups in total. The summed E-state index contributed by atoms with van der Waals surface area (Å²) in [4.78, 5) is 19.4. The van der Waals surface area contributed by atoms with E-state index in [-0.39, 0.29) is 17.6 Å². The van der Waals surface area contributed by atoms with Crippen LogP contribution in [0.5, 0.6) is 0 Å². The second-order valence-electron chi connectivity index (χ2n) is 8.36. The molecule has 0 saturated carbocycles. The molecule has 1 unspecified atom stereocenters. The number of ketones is 1. The van der Waals surface area contributed by atoms with E-state index < -0.39 is 0 Å². The highest BCUT2D eigenvalue weighted by Gasteiger charge is 2.21. The monoisotopic (exact) mass is 453 g/mol. The summed E-state index contributed by atoms with van der Waals surface area (Å²) in [6, 6.07) is 12.1. The Bertz CT molecular complexity index is 1020. The van der Waals surface area contributed by atoms with E-state index >= 15 is 0 Å². The van der Waals surface area contributed by atoms with Crippen LogP contribution in [0.4, 0.5) is 4.39 Å². The number of hydrogen-bond acceptors (Lipinski definition) is 4. The Morgan fingerprint density at radius 1 is 1.22 bits per heavy atom. The minimum atomic E-state index is -0.214. The van der Waals surface area contributed by atoms with Gasteiger partial charge in [0.05, 0.1) is 6.54 Å². The summed E-state index contributed by atoms with van der Waals surface area (Å²) in [6.45, 7) is 6.12. The molecule has 1 fully saturated rings. The fourth-order valence-corrected chi connectivity index (χ4v) is 3.81. The van der Waals surface area contributed by atoms with E-state index in [2.05, 4.69) is 28.6 Å². The van der Waals surface area contributed by atoms with E-state index in [4.69, 9.17) is 11.6 Å². The predicted molar refractivity (Wildman–Crippen MR) is 128 cm³/mol. The maximum absolute atomic E-state index is 13.1. The standard InChI is InChI=1S/C26H29ClFN3O/c1-20-18-30(19-21-6-9-24(28)10-7-21)15-16-31(20)14-12-26(32)25-11-8-23(27)17-22(25)5-4-13-29(2)3/h6-12,14,17,20H,13,15-16,18-19H2,1-3H3. The van der Waals surface area contributed by atoms with Crippen LogP contribution in [0.1, 0.15) is 28.4 Å². The molecular formula is C26H29ClFN3O. The number of carbonyl (C=O) groups excluding carboxylic acids is 1. The second kappa shape index (κ2) is 11.3. The van der Waals surface area contributed by atoms with E-state index in [1.54, 1.807) is 24.3 Å². The molecule has 0 amide bonds. The molecule has 6 heteroatoms. The average Bonchev–Trinajstić information content (AvgIpc) is 2.74. The van der Waals surface area contributed by atoms with Crippen molar-refractivity contribution in [3.8, 4) is 11.8 Å². The van der Waals surface area contributed by atoms with E-state index in [0.717, 1.165) is 31.7 Å². The largest absolute Gasteiger partial charge is 0.372 e. The molecule has 0 aromatic heterocycles. The quantitative estimate of drug-likeness (QED) is 0.370.